The Morgan fingerprint density at radius 1 is 1.32 bits per heavy atom. The number of allylic oxidation sites excluding steroid dienone is 1. The first-order valence-corrected chi connectivity index (χ1v) is 6.80. The minimum Gasteiger partial charge on any atom is -0.461 e. The molecule has 1 rings (SSSR count). The van der Waals surface area contributed by atoms with Gasteiger partial charge in [-0.05, 0) is 30.7 Å². The fourth-order valence-electron chi connectivity index (χ4n) is 1.82. The zero-order chi connectivity index (χ0) is 16.4. The van der Waals surface area contributed by atoms with E-state index in [-0.39, 0.29) is 12.2 Å². The van der Waals surface area contributed by atoms with E-state index in [4.69, 9.17) is 15.3 Å². The molecule has 5 heteroatoms. The number of ether oxygens (including phenoxy) is 1. The van der Waals surface area contributed by atoms with Crippen molar-refractivity contribution >= 4 is 17.7 Å². The zero-order valence-corrected chi connectivity index (χ0v) is 12.5. The van der Waals surface area contributed by atoms with Crippen LogP contribution in [-0.2, 0) is 9.53 Å². The molecule has 0 unspecified atom stereocenters. The summed E-state index contributed by atoms with van der Waals surface area (Å²) in [6, 6.07) is 11.1. The van der Waals surface area contributed by atoms with Gasteiger partial charge in [-0.15, -0.1) is 0 Å². The number of carbonyl (C=O) groups is 1. The Labute approximate surface area is 130 Å². The van der Waals surface area contributed by atoms with Crippen molar-refractivity contribution in [2.45, 2.75) is 6.92 Å². The molecule has 0 aliphatic heterocycles. The second-order valence-corrected chi connectivity index (χ2v) is 4.32. The molecule has 0 aliphatic carbocycles. The number of nitrogens with zero attached hydrogens (tertiary/aromatic N) is 3. The zero-order valence-electron chi connectivity index (χ0n) is 12.5. The fraction of sp³-hybridized carbons (Fsp3) is 0.235. The molecule has 0 saturated heterocycles. The van der Waals surface area contributed by atoms with Crippen LogP contribution in [-0.4, -0.2) is 25.7 Å². The highest BCUT2D eigenvalue weighted by molar-refractivity contribution is 5.81. The summed E-state index contributed by atoms with van der Waals surface area (Å²) in [7, 11) is 0. The topological polar surface area (TPSA) is 77.1 Å². The average Bonchev–Trinajstić information content (AvgIpc) is 2.57. The lowest BCUT2D eigenvalue weighted by Gasteiger charge is -2.22. The summed E-state index contributed by atoms with van der Waals surface area (Å²) in [6.07, 6.45) is 2.67. The number of hydrogen-bond donors (Lipinski definition) is 0. The lowest BCUT2D eigenvalue weighted by atomic mass is 10.1. The summed E-state index contributed by atoms with van der Waals surface area (Å²) in [5.74, 6) is -0.433. The van der Waals surface area contributed by atoms with Crippen molar-refractivity contribution in [3.05, 3.63) is 48.1 Å². The highest BCUT2D eigenvalue weighted by Crippen LogP contribution is 2.16. The van der Waals surface area contributed by atoms with Gasteiger partial charge in [0.25, 0.3) is 0 Å². The van der Waals surface area contributed by atoms with Crippen molar-refractivity contribution in [3.8, 4) is 12.1 Å². The van der Waals surface area contributed by atoms with Crippen molar-refractivity contribution in [3.63, 3.8) is 0 Å². The molecule has 0 spiro atoms. The van der Waals surface area contributed by atoms with E-state index in [2.05, 4.69) is 11.5 Å². The molecule has 0 saturated carbocycles. The summed E-state index contributed by atoms with van der Waals surface area (Å²) in [6.45, 7) is 6.98. The molecule has 0 heterocycles. The summed E-state index contributed by atoms with van der Waals surface area (Å²) < 4.78 is 4.97. The Morgan fingerprint density at radius 2 is 1.95 bits per heavy atom. The smallest absolute Gasteiger partial charge is 0.330 e. The van der Waals surface area contributed by atoms with Crippen LogP contribution >= 0.6 is 0 Å². The van der Waals surface area contributed by atoms with Crippen LogP contribution < -0.4 is 4.90 Å². The Hall–Kier alpha value is -3.05. The predicted molar refractivity (Wildman–Crippen MR) is 84.7 cm³/mol. The summed E-state index contributed by atoms with van der Waals surface area (Å²) >= 11 is 0. The molecular formula is C17H17N3O2. The largest absolute Gasteiger partial charge is 0.461 e. The summed E-state index contributed by atoms with van der Waals surface area (Å²) in [5.41, 5.74) is 1.83. The van der Waals surface area contributed by atoms with Crippen LogP contribution in [0.25, 0.3) is 6.08 Å². The van der Waals surface area contributed by atoms with Crippen LogP contribution in [0, 0.1) is 22.7 Å². The number of nitriles is 2. The fourth-order valence-corrected chi connectivity index (χ4v) is 1.82. The van der Waals surface area contributed by atoms with E-state index in [1.807, 2.05) is 43.3 Å². The average molecular weight is 295 g/mol. The number of anilines is 1. The molecule has 0 aliphatic rings. The number of esters is 1. The second-order valence-electron chi connectivity index (χ2n) is 4.32. The molecule has 5 nitrogen and oxygen atoms in total. The highest BCUT2D eigenvalue weighted by Gasteiger charge is 2.05. The maximum absolute atomic E-state index is 11.0. The van der Waals surface area contributed by atoms with Crippen LogP contribution in [0.3, 0.4) is 0 Å². The van der Waals surface area contributed by atoms with Crippen LogP contribution in [0.15, 0.2) is 42.5 Å². The van der Waals surface area contributed by atoms with Crippen molar-refractivity contribution in [2.24, 2.45) is 0 Å². The molecule has 0 N–H and O–H groups in total. The minimum absolute atomic E-state index is 0.0661. The summed E-state index contributed by atoms with van der Waals surface area (Å²) in [5, 5.41) is 17.5. The number of rotatable bonds is 7. The third kappa shape index (κ3) is 5.15. The van der Waals surface area contributed by atoms with Gasteiger partial charge in [0.1, 0.15) is 24.3 Å². The van der Waals surface area contributed by atoms with E-state index in [0.29, 0.717) is 6.54 Å². The Kier molecular flexibility index (Phi) is 6.95. The first-order valence-electron chi connectivity index (χ1n) is 6.80. The molecule has 0 amide bonds. The van der Waals surface area contributed by atoms with Crippen molar-refractivity contribution in [1.29, 1.82) is 10.5 Å². The van der Waals surface area contributed by atoms with Crippen molar-refractivity contribution in [1.82, 2.24) is 0 Å². The van der Waals surface area contributed by atoms with Gasteiger partial charge in [-0.25, -0.2) is 4.79 Å². The molecule has 0 atom stereocenters. The number of likely N-dealkylation sites (N-methyl/N-ethyl adjacent to an activating group) is 1. The van der Waals surface area contributed by atoms with E-state index in [0.717, 1.165) is 23.9 Å². The van der Waals surface area contributed by atoms with Crippen LogP contribution in [0.1, 0.15) is 12.5 Å². The Bertz CT molecular complexity index is 617. The molecule has 0 fully saturated rings. The van der Waals surface area contributed by atoms with Gasteiger partial charge in [0.15, 0.2) is 0 Å². The van der Waals surface area contributed by atoms with E-state index in [1.165, 1.54) is 6.08 Å². The maximum atomic E-state index is 11.0. The van der Waals surface area contributed by atoms with E-state index in [9.17, 15) is 4.79 Å². The normalized spacial score (nSPS) is 9.05. The molecule has 0 aromatic heterocycles. The number of benzene rings is 1. The monoisotopic (exact) mass is 295 g/mol. The summed E-state index contributed by atoms with van der Waals surface area (Å²) in [4.78, 5) is 13.1. The maximum Gasteiger partial charge on any atom is 0.330 e. The molecule has 1 aromatic rings. The Morgan fingerprint density at radius 3 is 2.45 bits per heavy atom. The third-order valence-electron chi connectivity index (χ3n) is 2.96. The SMILES string of the molecule is C=CC(=O)OCCN(CC)c1ccc(C=C(C#N)C#N)cc1. The van der Waals surface area contributed by atoms with Gasteiger partial charge in [-0.2, -0.15) is 10.5 Å². The number of hydrogen-bond acceptors (Lipinski definition) is 5. The molecule has 112 valence electrons. The van der Waals surface area contributed by atoms with E-state index >= 15 is 0 Å². The standard InChI is InChI=1S/C17H17N3O2/c1-3-17(21)22-10-9-20(4-2)16-7-5-14(6-8-16)11-15(12-18)13-19/h3,5-8,11H,1,4,9-10H2,2H3. The molecule has 0 bridgehead atoms. The minimum atomic E-state index is -0.433. The first-order chi connectivity index (χ1) is 10.6. The first kappa shape index (κ1) is 17.0. The van der Waals surface area contributed by atoms with Gasteiger partial charge >= 0.3 is 5.97 Å². The van der Waals surface area contributed by atoms with Gasteiger partial charge in [-0.3, -0.25) is 0 Å². The number of carbonyl (C=O) groups excluding carboxylic acids is 1. The van der Waals surface area contributed by atoms with Gasteiger partial charge in [0.05, 0.1) is 6.54 Å². The lowest BCUT2D eigenvalue weighted by Crippen LogP contribution is -2.27. The lowest BCUT2D eigenvalue weighted by molar-refractivity contribution is -0.137. The van der Waals surface area contributed by atoms with Gasteiger partial charge in [0.2, 0.25) is 0 Å². The van der Waals surface area contributed by atoms with Crippen LogP contribution in [0.5, 0.6) is 0 Å². The van der Waals surface area contributed by atoms with Gasteiger partial charge < -0.3 is 9.64 Å². The quantitative estimate of drug-likeness (QED) is 0.439. The third-order valence-corrected chi connectivity index (χ3v) is 2.96. The van der Waals surface area contributed by atoms with Crippen LogP contribution in [0.4, 0.5) is 5.69 Å². The van der Waals surface area contributed by atoms with E-state index < -0.39 is 5.97 Å². The van der Waals surface area contributed by atoms with E-state index in [1.54, 1.807) is 0 Å². The predicted octanol–water partition coefficient (Wildman–Crippen LogP) is 2.67. The van der Waals surface area contributed by atoms with Gasteiger partial charge in [-0.1, -0.05) is 18.7 Å². The molecule has 22 heavy (non-hydrogen) atoms. The van der Waals surface area contributed by atoms with Crippen LogP contribution in [0.2, 0.25) is 0 Å². The molecule has 1 aromatic carbocycles. The highest BCUT2D eigenvalue weighted by atomic mass is 16.5. The van der Waals surface area contributed by atoms with Gasteiger partial charge in [0, 0.05) is 18.3 Å². The molecule has 0 radical (unpaired) electrons. The van der Waals surface area contributed by atoms with Crippen molar-refractivity contribution in [2.75, 3.05) is 24.6 Å². The second kappa shape index (κ2) is 8.99. The molecular weight excluding hydrogens is 278 g/mol. The Balaban J connectivity index is 2.73. The van der Waals surface area contributed by atoms with Crippen molar-refractivity contribution < 1.29 is 9.53 Å².